The number of piperidine rings is 1. The third kappa shape index (κ3) is 4.20. The normalized spacial score (nSPS) is 24.9. The number of nitrogens with zero attached hydrogens (tertiary/aromatic N) is 2. The smallest absolute Gasteiger partial charge is 0.0589 e. The van der Waals surface area contributed by atoms with Crippen LogP contribution in [0, 0.1) is 18.3 Å². The first-order chi connectivity index (χ1) is 11.6. The lowest BCUT2D eigenvalue weighted by Gasteiger charge is -2.42. The molecule has 0 aromatic carbocycles. The number of thiophene rings is 1. The van der Waals surface area contributed by atoms with Crippen molar-refractivity contribution in [2.75, 3.05) is 60.2 Å². The zero-order valence-electron chi connectivity index (χ0n) is 15.4. The molecule has 1 atom stereocenters. The minimum absolute atomic E-state index is 0.450. The molecule has 0 amide bonds. The third-order valence-electron chi connectivity index (χ3n) is 5.89. The van der Waals surface area contributed by atoms with Gasteiger partial charge < -0.3 is 14.4 Å². The monoisotopic (exact) mass is 352 g/mol. The zero-order chi connectivity index (χ0) is 17.0. The highest BCUT2D eigenvalue weighted by molar-refractivity contribution is 7.11. The van der Waals surface area contributed by atoms with Crippen molar-refractivity contribution in [1.29, 1.82) is 0 Å². The standard InChI is InChI=1S/C19H32N2O2S/c1-16-4-5-18(24-16)13-20-8-6-19(7-9-20)15-21(10-11-22-2)12-17(19)14-23-3/h4-5,17H,6-15H2,1-3H3/t17-/m0/s1. The Morgan fingerprint density at radius 1 is 1.17 bits per heavy atom. The van der Waals surface area contributed by atoms with Gasteiger partial charge in [0.05, 0.1) is 13.2 Å². The molecule has 2 saturated heterocycles. The average molecular weight is 353 g/mol. The molecule has 3 rings (SSSR count). The van der Waals surface area contributed by atoms with Gasteiger partial charge in [0.2, 0.25) is 0 Å². The molecule has 0 saturated carbocycles. The fourth-order valence-electron chi connectivity index (χ4n) is 4.48. The molecule has 1 aromatic rings. The van der Waals surface area contributed by atoms with Crippen LogP contribution in [0.3, 0.4) is 0 Å². The molecule has 3 heterocycles. The van der Waals surface area contributed by atoms with Gasteiger partial charge in [-0.15, -0.1) is 11.3 Å². The summed E-state index contributed by atoms with van der Waals surface area (Å²) >= 11 is 1.94. The van der Waals surface area contributed by atoms with Crippen molar-refractivity contribution in [3.63, 3.8) is 0 Å². The first-order valence-corrected chi connectivity index (χ1v) is 9.95. The van der Waals surface area contributed by atoms with Crippen molar-refractivity contribution in [3.05, 3.63) is 21.9 Å². The Morgan fingerprint density at radius 2 is 1.96 bits per heavy atom. The van der Waals surface area contributed by atoms with E-state index < -0.39 is 0 Å². The Labute approximate surface area is 150 Å². The molecule has 0 aliphatic carbocycles. The number of hydrogen-bond acceptors (Lipinski definition) is 5. The summed E-state index contributed by atoms with van der Waals surface area (Å²) in [5, 5.41) is 0. The van der Waals surface area contributed by atoms with Crippen molar-refractivity contribution < 1.29 is 9.47 Å². The number of aryl methyl sites for hydroxylation is 1. The van der Waals surface area contributed by atoms with Gasteiger partial charge in [-0.1, -0.05) is 0 Å². The molecule has 0 unspecified atom stereocenters. The Hall–Kier alpha value is -0.460. The molecule has 2 aliphatic rings. The molecule has 5 heteroatoms. The molecule has 0 N–H and O–H groups in total. The molecule has 2 fully saturated rings. The second-order valence-electron chi connectivity index (χ2n) is 7.53. The van der Waals surface area contributed by atoms with E-state index in [1.165, 1.54) is 48.8 Å². The van der Waals surface area contributed by atoms with Gasteiger partial charge in [0.25, 0.3) is 0 Å². The van der Waals surface area contributed by atoms with Crippen molar-refractivity contribution in [2.24, 2.45) is 11.3 Å². The maximum absolute atomic E-state index is 5.56. The van der Waals surface area contributed by atoms with E-state index >= 15 is 0 Å². The van der Waals surface area contributed by atoms with E-state index in [2.05, 4.69) is 28.9 Å². The predicted octanol–water partition coefficient (Wildman–Crippen LogP) is 2.86. The van der Waals surface area contributed by atoms with Gasteiger partial charge in [-0.25, -0.2) is 0 Å². The lowest BCUT2D eigenvalue weighted by molar-refractivity contribution is 0.0351. The summed E-state index contributed by atoms with van der Waals surface area (Å²) in [5.41, 5.74) is 0.450. The maximum Gasteiger partial charge on any atom is 0.0589 e. The highest BCUT2D eigenvalue weighted by Crippen LogP contribution is 2.45. The fourth-order valence-corrected chi connectivity index (χ4v) is 5.41. The third-order valence-corrected chi connectivity index (χ3v) is 6.88. The highest BCUT2D eigenvalue weighted by atomic mass is 32.1. The summed E-state index contributed by atoms with van der Waals surface area (Å²) < 4.78 is 10.8. The van der Waals surface area contributed by atoms with Crippen molar-refractivity contribution >= 4 is 11.3 Å². The molecule has 1 spiro atoms. The van der Waals surface area contributed by atoms with Gasteiger partial charge in [-0.2, -0.15) is 0 Å². The van der Waals surface area contributed by atoms with Gasteiger partial charge in [-0.3, -0.25) is 4.90 Å². The van der Waals surface area contributed by atoms with E-state index in [9.17, 15) is 0 Å². The van der Waals surface area contributed by atoms with E-state index in [4.69, 9.17) is 9.47 Å². The number of ether oxygens (including phenoxy) is 2. The highest BCUT2D eigenvalue weighted by Gasteiger charge is 2.47. The average Bonchev–Trinajstić information content (AvgIpc) is 3.13. The molecule has 24 heavy (non-hydrogen) atoms. The SMILES string of the molecule is COCCN1C[C@@H](COC)C2(CCN(Cc3ccc(C)s3)CC2)C1. The lowest BCUT2D eigenvalue weighted by Crippen LogP contribution is -2.44. The van der Waals surface area contributed by atoms with E-state index in [1.807, 2.05) is 18.4 Å². The molecule has 136 valence electrons. The number of rotatable bonds is 7. The van der Waals surface area contributed by atoms with Gasteiger partial charge in [-0.05, 0) is 50.4 Å². The number of methoxy groups -OCH3 is 2. The first kappa shape index (κ1) is 18.3. The Balaban J connectivity index is 1.57. The summed E-state index contributed by atoms with van der Waals surface area (Å²) in [4.78, 5) is 8.15. The fraction of sp³-hybridized carbons (Fsp3) is 0.789. The van der Waals surface area contributed by atoms with Crippen LogP contribution in [0.15, 0.2) is 12.1 Å². The summed E-state index contributed by atoms with van der Waals surface area (Å²) in [7, 11) is 3.64. The summed E-state index contributed by atoms with van der Waals surface area (Å²) in [6.07, 6.45) is 2.60. The minimum atomic E-state index is 0.450. The second-order valence-corrected chi connectivity index (χ2v) is 8.90. The Kier molecular flexibility index (Phi) is 6.33. The quantitative estimate of drug-likeness (QED) is 0.753. The van der Waals surface area contributed by atoms with Gasteiger partial charge in [0, 0.05) is 56.1 Å². The van der Waals surface area contributed by atoms with Gasteiger partial charge in [0.15, 0.2) is 0 Å². The lowest BCUT2D eigenvalue weighted by atomic mass is 9.71. The predicted molar refractivity (Wildman–Crippen MR) is 99.7 cm³/mol. The second kappa shape index (κ2) is 8.28. The molecule has 4 nitrogen and oxygen atoms in total. The summed E-state index contributed by atoms with van der Waals surface area (Å²) in [5.74, 6) is 0.672. The molecular weight excluding hydrogens is 320 g/mol. The summed E-state index contributed by atoms with van der Waals surface area (Å²) in [6, 6.07) is 4.53. The molecule has 1 aromatic heterocycles. The van der Waals surface area contributed by atoms with E-state index in [1.54, 1.807) is 7.11 Å². The molecule has 0 bridgehead atoms. The van der Waals surface area contributed by atoms with Crippen molar-refractivity contribution in [1.82, 2.24) is 9.80 Å². The van der Waals surface area contributed by atoms with E-state index in [-0.39, 0.29) is 0 Å². The van der Waals surface area contributed by atoms with Crippen LogP contribution in [-0.4, -0.2) is 70.0 Å². The zero-order valence-corrected chi connectivity index (χ0v) is 16.2. The van der Waals surface area contributed by atoms with Gasteiger partial charge >= 0.3 is 0 Å². The van der Waals surface area contributed by atoms with Crippen LogP contribution in [-0.2, 0) is 16.0 Å². The Bertz CT molecular complexity index is 511. The first-order valence-electron chi connectivity index (χ1n) is 9.13. The maximum atomic E-state index is 5.56. The minimum Gasteiger partial charge on any atom is -0.384 e. The van der Waals surface area contributed by atoms with Gasteiger partial charge in [0.1, 0.15) is 0 Å². The number of hydrogen-bond donors (Lipinski definition) is 0. The van der Waals surface area contributed by atoms with E-state index in [0.717, 1.165) is 26.3 Å². The molecule has 0 radical (unpaired) electrons. The molecular formula is C19H32N2O2S. The van der Waals surface area contributed by atoms with Crippen molar-refractivity contribution in [3.8, 4) is 0 Å². The molecule has 2 aliphatic heterocycles. The van der Waals surface area contributed by atoms with Crippen LogP contribution < -0.4 is 0 Å². The van der Waals surface area contributed by atoms with Crippen LogP contribution in [0.2, 0.25) is 0 Å². The van der Waals surface area contributed by atoms with Crippen LogP contribution in [0.4, 0.5) is 0 Å². The number of likely N-dealkylation sites (tertiary alicyclic amines) is 2. The van der Waals surface area contributed by atoms with Crippen LogP contribution in [0.5, 0.6) is 0 Å². The summed E-state index contributed by atoms with van der Waals surface area (Å²) in [6.45, 7) is 10.9. The van der Waals surface area contributed by atoms with Crippen LogP contribution in [0.25, 0.3) is 0 Å². The van der Waals surface area contributed by atoms with Crippen LogP contribution >= 0.6 is 11.3 Å². The largest absolute Gasteiger partial charge is 0.384 e. The van der Waals surface area contributed by atoms with E-state index in [0.29, 0.717) is 11.3 Å². The van der Waals surface area contributed by atoms with Crippen molar-refractivity contribution in [2.45, 2.75) is 26.3 Å². The Morgan fingerprint density at radius 3 is 2.58 bits per heavy atom. The van der Waals surface area contributed by atoms with Crippen LogP contribution in [0.1, 0.15) is 22.6 Å². The topological polar surface area (TPSA) is 24.9 Å².